The lowest BCUT2D eigenvalue weighted by molar-refractivity contribution is 1.08. The standard InChI is InChI=1S/C17H20/c1-5-10(2)13-7-14-9-15-12(4)11(3)6-17(15)16(14)8-13/h5,7H,6,8-9H2,1-4H3. The SMILES string of the molecule is CC=C(C)C1=CC2=C(C1)C1=C(C2)C(C)=C(C)C1. The summed E-state index contributed by atoms with van der Waals surface area (Å²) in [5.74, 6) is 0. The Kier molecular flexibility index (Phi) is 2.29. The van der Waals surface area contributed by atoms with Gasteiger partial charge in [-0.1, -0.05) is 23.3 Å². The summed E-state index contributed by atoms with van der Waals surface area (Å²) in [6.45, 7) is 8.94. The Labute approximate surface area is 104 Å². The first kappa shape index (κ1) is 10.8. The van der Waals surface area contributed by atoms with E-state index < -0.39 is 0 Å². The van der Waals surface area contributed by atoms with Crippen LogP contribution in [0.15, 0.2) is 56.7 Å². The van der Waals surface area contributed by atoms with Crippen molar-refractivity contribution in [3.8, 4) is 0 Å². The van der Waals surface area contributed by atoms with Crippen LogP contribution in [0.2, 0.25) is 0 Å². The summed E-state index contributed by atoms with van der Waals surface area (Å²) in [5.41, 5.74) is 12.7. The molecule has 0 aromatic heterocycles. The summed E-state index contributed by atoms with van der Waals surface area (Å²) < 4.78 is 0. The van der Waals surface area contributed by atoms with Gasteiger partial charge in [0.2, 0.25) is 0 Å². The van der Waals surface area contributed by atoms with Crippen molar-refractivity contribution < 1.29 is 0 Å². The van der Waals surface area contributed by atoms with E-state index >= 15 is 0 Å². The second-order valence-electron chi connectivity index (χ2n) is 5.54. The number of hydrogen-bond acceptors (Lipinski definition) is 0. The van der Waals surface area contributed by atoms with Gasteiger partial charge in [0.25, 0.3) is 0 Å². The van der Waals surface area contributed by atoms with Crippen LogP contribution in [0.1, 0.15) is 47.0 Å². The first-order valence-electron chi connectivity index (χ1n) is 6.56. The van der Waals surface area contributed by atoms with E-state index in [1.54, 1.807) is 33.4 Å². The van der Waals surface area contributed by atoms with E-state index in [9.17, 15) is 0 Å². The molecule has 0 nitrogen and oxygen atoms in total. The van der Waals surface area contributed by atoms with Crippen molar-refractivity contribution in [2.45, 2.75) is 47.0 Å². The molecule has 0 N–H and O–H groups in total. The average Bonchev–Trinajstić information content (AvgIpc) is 2.92. The van der Waals surface area contributed by atoms with Gasteiger partial charge in [-0.2, -0.15) is 0 Å². The molecule has 0 aliphatic heterocycles. The third-order valence-corrected chi connectivity index (χ3v) is 4.67. The van der Waals surface area contributed by atoms with E-state index in [1.807, 2.05) is 0 Å². The van der Waals surface area contributed by atoms with Crippen molar-refractivity contribution >= 4 is 0 Å². The molecule has 3 rings (SSSR count). The zero-order valence-electron chi connectivity index (χ0n) is 11.3. The number of hydrogen-bond donors (Lipinski definition) is 0. The Bertz CT molecular complexity index is 557. The Morgan fingerprint density at radius 3 is 2.53 bits per heavy atom. The van der Waals surface area contributed by atoms with E-state index in [4.69, 9.17) is 0 Å². The maximum Gasteiger partial charge on any atom is -0.00171 e. The van der Waals surface area contributed by atoms with Gasteiger partial charge in [0, 0.05) is 0 Å². The first-order valence-corrected chi connectivity index (χ1v) is 6.56. The van der Waals surface area contributed by atoms with Gasteiger partial charge in [-0.25, -0.2) is 0 Å². The van der Waals surface area contributed by atoms with Gasteiger partial charge < -0.3 is 0 Å². The van der Waals surface area contributed by atoms with Gasteiger partial charge in [0.05, 0.1) is 0 Å². The van der Waals surface area contributed by atoms with Crippen LogP contribution in [0.25, 0.3) is 0 Å². The minimum Gasteiger partial charge on any atom is -0.0844 e. The summed E-state index contributed by atoms with van der Waals surface area (Å²) in [6.07, 6.45) is 8.23. The smallest absolute Gasteiger partial charge is 0.00171 e. The Morgan fingerprint density at radius 1 is 1.06 bits per heavy atom. The molecule has 0 saturated heterocycles. The van der Waals surface area contributed by atoms with Crippen LogP contribution in [0.5, 0.6) is 0 Å². The highest BCUT2D eigenvalue weighted by Gasteiger charge is 2.32. The Morgan fingerprint density at radius 2 is 1.82 bits per heavy atom. The molecule has 0 atom stereocenters. The third-order valence-electron chi connectivity index (χ3n) is 4.67. The largest absolute Gasteiger partial charge is 0.0844 e. The normalized spacial score (nSPS) is 23.8. The second kappa shape index (κ2) is 3.60. The number of rotatable bonds is 1. The molecule has 0 radical (unpaired) electrons. The summed E-state index contributed by atoms with van der Waals surface area (Å²) in [7, 11) is 0. The van der Waals surface area contributed by atoms with E-state index in [1.165, 1.54) is 30.4 Å². The fourth-order valence-corrected chi connectivity index (χ4v) is 3.26. The van der Waals surface area contributed by atoms with Gasteiger partial charge in [-0.15, -0.1) is 0 Å². The molecule has 3 aliphatic rings. The highest BCUT2D eigenvalue weighted by atomic mass is 14.4. The number of fused-ring (bicyclic) bond motifs is 1. The Hall–Kier alpha value is -1.30. The molecule has 0 unspecified atom stereocenters. The van der Waals surface area contributed by atoms with Crippen LogP contribution >= 0.6 is 0 Å². The summed E-state index contributed by atoms with van der Waals surface area (Å²) in [6, 6.07) is 0. The maximum atomic E-state index is 2.44. The van der Waals surface area contributed by atoms with Gasteiger partial charge in [-0.3, -0.25) is 0 Å². The van der Waals surface area contributed by atoms with Crippen LogP contribution < -0.4 is 0 Å². The highest BCUT2D eigenvalue weighted by Crippen LogP contribution is 2.50. The summed E-state index contributed by atoms with van der Waals surface area (Å²) in [4.78, 5) is 0. The van der Waals surface area contributed by atoms with Gasteiger partial charge in [-0.05, 0) is 80.4 Å². The maximum absolute atomic E-state index is 2.44. The second-order valence-corrected chi connectivity index (χ2v) is 5.54. The predicted octanol–water partition coefficient (Wildman–Crippen LogP) is 5.02. The lowest BCUT2D eigenvalue weighted by Crippen LogP contribution is -1.88. The first-order chi connectivity index (χ1) is 8.11. The van der Waals surface area contributed by atoms with Crippen LogP contribution in [-0.2, 0) is 0 Å². The van der Waals surface area contributed by atoms with Crippen molar-refractivity contribution in [2.75, 3.05) is 0 Å². The van der Waals surface area contributed by atoms with Crippen LogP contribution in [-0.4, -0.2) is 0 Å². The number of allylic oxidation sites excluding steroid dienone is 10. The lowest BCUT2D eigenvalue weighted by Gasteiger charge is -2.07. The highest BCUT2D eigenvalue weighted by molar-refractivity contribution is 5.67. The van der Waals surface area contributed by atoms with Crippen molar-refractivity contribution in [1.29, 1.82) is 0 Å². The third kappa shape index (κ3) is 1.43. The van der Waals surface area contributed by atoms with E-state index in [-0.39, 0.29) is 0 Å². The molecule has 0 aromatic rings. The Balaban J connectivity index is 1.88. The van der Waals surface area contributed by atoms with Crippen molar-refractivity contribution in [2.24, 2.45) is 0 Å². The minimum absolute atomic E-state index is 1.17. The molecule has 17 heavy (non-hydrogen) atoms. The van der Waals surface area contributed by atoms with Gasteiger partial charge in [0.1, 0.15) is 0 Å². The summed E-state index contributed by atoms with van der Waals surface area (Å²) >= 11 is 0. The zero-order valence-corrected chi connectivity index (χ0v) is 11.3. The molecule has 0 bridgehead atoms. The molecule has 0 amide bonds. The summed E-state index contributed by atoms with van der Waals surface area (Å²) in [5, 5.41) is 0. The topological polar surface area (TPSA) is 0 Å². The molecular weight excluding hydrogens is 204 g/mol. The molecule has 88 valence electrons. The predicted molar refractivity (Wildman–Crippen MR) is 73.8 cm³/mol. The van der Waals surface area contributed by atoms with Gasteiger partial charge in [0.15, 0.2) is 0 Å². The molecule has 3 aliphatic carbocycles. The van der Waals surface area contributed by atoms with Crippen LogP contribution in [0.4, 0.5) is 0 Å². The van der Waals surface area contributed by atoms with E-state index in [0.717, 1.165) is 0 Å². The monoisotopic (exact) mass is 224 g/mol. The molecule has 0 aromatic carbocycles. The molecule has 0 heteroatoms. The van der Waals surface area contributed by atoms with E-state index in [0.29, 0.717) is 0 Å². The molecule has 0 heterocycles. The van der Waals surface area contributed by atoms with Crippen molar-refractivity contribution in [3.63, 3.8) is 0 Å². The van der Waals surface area contributed by atoms with Crippen LogP contribution in [0.3, 0.4) is 0 Å². The molecule has 0 spiro atoms. The quantitative estimate of drug-likeness (QED) is 0.586. The van der Waals surface area contributed by atoms with Crippen molar-refractivity contribution in [3.05, 3.63) is 56.7 Å². The van der Waals surface area contributed by atoms with Crippen LogP contribution in [0, 0.1) is 0 Å². The van der Waals surface area contributed by atoms with Crippen molar-refractivity contribution in [1.82, 2.24) is 0 Å². The molecular formula is C17H20. The lowest BCUT2D eigenvalue weighted by atomic mass is 9.98. The fourth-order valence-electron chi connectivity index (χ4n) is 3.26. The zero-order chi connectivity index (χ0) is 12.2. The van der Waals surface area contributed by atoms with Gasteiger partial charge >= 0.3 is 0 Å². The minimum atomic E-state index is 1.17. The average molecular weight is 224 g/mol. The fraction of sp³-hybridized carbons (Fsp3) is 0.412. The molecule has 0 saturated carbocycles. The van der Waals surface area contributed by atoms with E-state index in [2.05, 4.69) is 39.8 Å². The molecule has 0 fully saturated rings.